The molecular weight excluding hydrogens is 286 g/mol. The van der Waals surface area contributed by atoms with Crippen LogP contribution in [0.4, 0.5) is 0 Å². The van der Waals surface area contributed by atoms with Gasteiger partial charge in [-0.25, -0.2) is 4.98 Å². The molecule has 0 spiro atoms. The summed E-state index contributed by atoms with van der Waals surface area (Å²) in [6.07, 6.45) is 1.78. The molecule has 2 atom stereocenters. The highest BCUT2D eigenvalue weighted by molar-refractivity contribution is 5.85. The number of piperazine rings is 1. The molecular formula is C16H22ClN3O. The Hall–Kier alpha value is -1.36. The average molecular weight is 308 g/mol. The summed E-state index contributed by atoms with van der Waals surface area (Å²) in [6.45, 7) is 7.41. The van der Waals surface area contributed by atoms with Crippen molar-refractivity contribution in [2.45, 2.75) is 32.5 Å². The number of oxazole rings is 1. The fourth-order valence-corrected chi connectivity index (χ4v) is 2.89. The SMILES string of the molecule is CC1CN(Cc2coc(-c3ccccc3)n2)CC(C)N1.Cl. The van der Waals surface area contributed by atoms with Crippen molar-refractivity contribution in [2.75, 3.05) is 13.1 Å². The Morgan fingerprint density at radius 3 is 2.52 bits per heavy atom. The fraction of sp³-hybridized carbons (Fsp3) is 0.438. The van der Waals surface area contributed by atoms with Gasteiger partial charge in [-0.15, -0.1) is 12.4 Å². The fourth-order valence-electron chi connectivity index (χ4n) is 2.89. The second kappa shape index (κ2) is 7.07. The molecule has 2 aromatic rings. The molecule has 5 heteroatoms. The van der Waals surface area contributed by atoms with Crippen molar-refractivity contribution >= 4 is 12.4 Å². The zero-order valence-corrected chi connectivity index (χ0v) is 13.3. The second-order valence-electron chi connectivity index (χ2n) is 5.67. The second-order valence-corrected chi connectivity index (χ2v) is 5.67. The third kappa shape index (κ3) is 4.06. The van der Waals surface area contributed by atoms with Crippen LogP contribution >= 0.6 is 12.4 Å². The van der Waals surface area contributed by atoms with E-state index in [9.17, 15) is 0 Å². The summed E-state index contributed by atoms with van der Waals surface area (Å²) in [6, 6.07) is 11.1. The highest BCUT2D eigenvalue weighted by Crippen LogP contribution is 2.19. The first-order valence-electron chi connectivity index (χ1n) is 7.19. The number of rotatable bonds is 3. The number of nitrogens with one attached hydrogen (secondary N) is 1. The first-order valence-corrected chi connectivity index (χ1v) is 7.19. The van der Waals surface area contributed by atoms with Gasteiger partial charge in [0.25, 0.3) is 0 Å². The lowest BCUT2D eigenvalue weighted by atomic mass is 10.1. The molecule has 3 rings (SSSR count). The topological polar surface area (TPSA) is 41.3 Å². The Kier molecular flexibility index (Phi) is 5.39. The molecule has 2 unspecified atom stereocenters. The van der Waals surface area contributed by atoms with E-state index in [-0.39, 0.29) is 12.4 Å². The average Bonchev–Trinajstić information content (AvgIpc) is 2.87. The molecule has 114 valence electrons. The van der Waals surface area contributed by atoms with Gasteiger partial charge in [-0.05, 0) is 26.0 Å². The van der Waals surface area contributed by atoms with E-state index < -0.39 is 0 Å². The van der Waals surface area contributed by atoms with Gasteiger partial charge in [0.2, 0.25) is 5.89 Å². The monoisotopic (exact) mass is 307 g/mol. The van der Waals surface area contributed by atoms with Crippen LogP contribution in [0.25, 0.3) is 11.5 Å². The maximum Gasteiger partial charge on any atom is 0.226 e. The van der Waals surface area contributed by atoms with Crippen molar-refractivity contribution in [1.29, 1.82) is 0 Å². The van der Waals surface area contributed by atoms with Crippen LogP contribution < -0.4 is 5.32 Å². The lowest BCUT2D eigenvalue weighted by Gasteiger charge is -2.35. The van der Waals surface area contributed by atoms with Crippen LogP contribution in [0.15, 0.2) is 41.0 Å². The van der Waals surface area contributed by atoms with Gasteiger partial charge in [0, 0.05) is 37.3 Å². The molecule has 1 aliphatic rings. The van der Waals surface area contributed by atoms with E-state index in [1.54, 1.807) is 6.26 Å². The summed E-state index contributed by atoms with van der Waals surface area (Å²) in [5, 5.41) is 3.54. The molecule has 0 saturated carbocycles. The lowest BCUT2D eigenvalue weighted by molar-refractivity contribution is 0.165. The van der Waals surface area contributed by atoms with Crippen LogP contribution in [0.3, 0.4) is 0 Å². The van der Waals surface area contributed by atoms with Crippen LogP contribution in [-0.4, -0.2) is 35.1 Å². The summed E-state index contributed by atoms with van der Waals surface area (Å²) in [5.41, 5.74) is 2.03. The van der Waals surface area contributed by atoms with Crippen molar-refractivity contribution in [3.63, 3.8) is 0 Å². The van der Waals surface area contributed by atoms with E-state index in [1.165, 1.54) is 0 Å². The lowest BCUT2D eigenvalue weighted by Crippen LogP contribution is -2.53. The first-order chi connectivity index (χ1) is 9.70. The highest BCUT2D eigenvalue weighted by Gasteiger charge is 2.21. The van der Waals surface area contributed by atoms with Crippen LogP contribution in [0, 0.1) is 0 Å². The first kappa shape index (κ1) is 16.0. The van der Waals surface area contributed by atoms with Gasteiger partial charge in [0.15, 0.2) is 0 Å². The molecule has 0 amide bonds. The predicted octanol–water partition coefficient (Wildman–Crippen LogP) is 2.95. The van der Waals surface area contributed by atoms with E-state index in [1.807, 2.05) is 30.3 Å². The Labute approximate surface area is 132 Å². The number of halogens is 1. The Morgan fingerprint density at radius 1 is 1.19 bits per heavy atom. The molecule has 1 saturated heterocycles. The molecule has 1 aromatic carbocycles. The molecule has 1 aromatic heterocycles. The summed E-state index contributed by atoms with van der Waals surface area (Å²) < 4.78 is 5.59. The predicted molar refractivity (Wildman–Crippen MR) is 86.5 cm³/mol. The van der Waals surface area contributed by atoms with Gasteiger partial charge in [-0.3, -0.25) is 4.90 Å². The minimum atomic E-state index is 0. The van der Waals surface area contributed by atoms with Crippen LogP contribution in [-0.2, 0) is 6.54 Å². The van der Waals surface area contributed by atoms with Crippen molar-refractivity contribution in [2.24, 2.45) is 0 Å². The van der Waals surface area contributed by atoms with Crippen LogP contribution in [0.1, 0.15) is 19.5 Å². The molecule has 4 nitrogen and oxygen atoms in total. The van der Waals surface area contributed by atoms with Gasteiger partial charge >= 0.3 is 0 Å². The number of aromatic nitrogens is 1. The smallest absolute Gasteiger partial charge is 0.226 e. The van der Waals surface area contributed by atoms with Gasteiger partial charge in [-0.1, -0.05) is 18.2 Å². The zero-order chi connectivity index (χ0) is 13.9. The standard InChI is InChI=1S/C16H21N3O.ClH/c1-12-8-19(9-13(2)17-12)10-15-11-20-16(18-15)14-6-4-3-5-7-14;/h3-7,11-13,17H,8-10H2,1-2H3;1H. The minimum Gasteiger partial charge on any atom is -0.444 e. The van der Waals surface area contributed by atoms with E-state index >= 15 is 0 Å². The normalized spacial score (nSPS) is 22.8. The molecule has 21 heavy (non-hydrogen) atoms. The molecule has 2 heterocycles. The molecule has 0 bridgehead atoms. The van der Waals surface area contributed by atoms with Crippen molar-refractivity contribution in [3.8, 4) is 11.5 Å². The Morgan fingerprint density at radius 2 is 1.86 bits per heavy atom. The van der Waals surface area contributed by atoms with Crippen molar-refractivity contribution < 1.29 is 4.42 Å². The van der Waals surface area contributed by atoms with Crippen molar-refractivity contribution in [3.05, 3.63) is 42.3 Å². The van der Waals surface area contributed by atoms with Crippen molar-refractivity contribution in [1.82, 2.24) is 15.2 Å². The number of benzene rings is 1. The molecule has 0 radical (unpaired) electrons. The van der Waals surface area contributed by atoms with E-state index in [2.05, 4.69) is 29.0 Å². The minimum absolute atomic E-state index is 0. The van der Waals surface area contributed by atoms with Gasteiger partial charge in [0.1, 0.15) is 6.26 Å². The van der Waals surface area contributed by atoms with Gasteiger partial charge in [0.05, 0.1) is 5.69 Å². The van der Waals surface area contributed by atoms with E-state index in [0.717, 1.165) is 30.9 Å². The number of hydrogen-bond acceptors (Lipinski definition) is 4. The summed E-state index contributed by atoms with van der Waals surface area (Å²) >= 11 is 0. The van der Waals surface area contributed by atoms with Crippen LogP contribution in [0.5, 0.6) is 0 Å². The summed E-state index contributed by atoms with van der Waals surface area (Å²) in [7, 11) is 0. The maximum atomic E-state index is 5.59. The van der Waals surface area contributed by atoms with Crippen LogP contribution in [0.2, 0.25) is 0 Å². The summed E-state index contributed by atoms with van der Waals surface area (Å²) in [5.74, 6) is 0.705. The molecule has 1 N–H and O–H groups in total. The maximum absolute atomic E-state index is 5.59. The highest BCUT2D eigenvalue weighted by atomic mass is 35.5. The number of hydrogen-bond donors (Lipinski definition) is 1. The molecule has 0 aliphatic carbocycles. The summed E-state index contributed by atoms with van der Waals surface area (Å²) in [4.78, 5) is 7.02. The molecule has 1 aliphatic heterocycles. The third-order valence-corrected chi connectivity index (χ3v) is 3.59. The van der Waals surface area contributed by atoms with E-state index in [4.69, 9.17) is 4.42 Å². The third-order valence-electron chi connectivity index (χ3n) is 3.59. The zero-order valence-electron chi connectivity index (χ0n) is 12.5. The Balaban J connectivity index is 0.00000161. The largest absolute Gasteiger partial charge is 0.444 e. The van der Waals surface area contributed by atoms with Gasteiger partial charge in [-0.2, -0.15) is 0 Å². The number of nitrogens with zero attached hydrogens (tertiary/aromatic N) is 2. The van der Waals surface area contributed by atoms with Gasteiger partial charge < -0.3 is 9.73 Å². The quantitative estimate of drug-likeness (QED) is 0.946. The molecule has 1 fully saturated rings. The van der Waals surface area contributed by atoms with E-state index in [0.29, 0.717) is 18.0 Å². The Bertz CT molecular complexity index is 548.